The van der Waals surface area contributed by atoms with E-state index in [0.29, 0.717) is 41.6 Å². The molecule has 1 atom stereocenters. The summed E-state index contributed by atoms with van der Waals surface area (Å²) in [5.74, 6) is 0.169. The molecule has 1 saturated heterocycles. The van der Waals surface area contributed by atoms with Gasteiger partial charge in [0.05, 0.1) is 35.2 Å². The number of halogens is 2. The number of carbonyl (C=O) groups excluding carboxylic acids is 1. The quantitative estimate of drug-likeness (QED) is 0.446. The van der Waals surface area contributed by atoms with Crippen LogP contribution >= 0.6 is 22.9 Å². The van der Waals surface area contributed by atoms with Crippen LogP contribution in [0.4, 0.5) is 4.39 Å². The van der Waals surface area contributed by atoms with Crippen molar-refractivity contribution in [2.75, 3.05) is 26.8 Å². The number of aromatic nitrogens is 3. The first-order valence-corrected chi connectivity index (χ1v) is 12.7. The Morgan fingerprint density at radius 3 is 2.78 bits per heavy atom. The van der Waals surface area contributed by atoms with Crippen LogP contribution in [0.15, 0.2) is 41.1 Å². The minimum absolute atomic E-state index is 0.0746. The van der Waals surface area contributed by atoms with E-state index < -0.39 is 11.9 Å². The fraction of sp³-hybridized carbons (Fsp3) is 0.375. The lowest BCUT2D eigenvalue weighted by molar-refractivity contribution is -0.134. The number of piperidine rings is 1. The van der Waals surface area contributed by atoms with Gasteiger partial charge in [-0.3, -0.25) is 4.79 Å². The normalized spacial score (nSPS) is 18.0. The van der Waals surface area contributed by atoms with Crippen molar-refractivity contribution in [3.63, 3.8) is 0 Å². The van der Waals surface area contributed by atoms with E-state index in [1.165, 1.54) is 25.6 Å². The Kier molecular flexibility index (Phi) is 7.28. The van der Waals surface area contributed by atoms with Crippen LogP contribution < -0.4 is 9.47 Å². The van der Waals surface area contributed by atoms with Gasteiger partial charge in [-0.25, -0.2) is 9.37 Å². The number of ether oxygens (including phenoxy) is 2. The molecular formula is C24H23ClFN5O4S. The molecular weight excluding hydrogens is 509 g/mol. The fourth-order valence-electron chi connectivity index (χ4n) is 4.21. The van der Waals surface area contributed by atoms with Crippen molar-refractivity contribution < 1.29 is 23.5 Å². The van der Waals surface area contributed by atoms with E-state index in [2.05, 4.69) is 15.1 Å². The molecule has 2 aromatic heterocycles. The molecule has 1 aromatic carbocycles. The molecule has 1 amide bonds. The maximum Gasteiger partial charge on any atom is 0.316 e. The van der Waals surface area contributed by atoms with Gasteiger partial charge in [0.1, 0.15) is 11.5 Å². The molecule has 0 N–H and O–H groups in total. The van der Waals surface area contributed by atoms with Gasteiger partial charge in [0.25, 0.3) is 5.91 Å². The Bertz CT molecular complexity index is 1240. The lowest BCUT2D eigenvalue weighted by Gasteiger charge is -2.31. The van der Waals surface area contributed by atoms with Gasteiger partial charge in [0.2, 0.25) is 0 Å². The zero-order valence-electron chi connectivity index (χ0n) is 19.4. The van der Waals surface area contributed by atoms with Gasteiger partial charge < -0.3 is 19.2 Å². The predicted octanol–water partition coefficient (Wildman–Crippen LogP) is 4.38. The third kappa shape index (κ3) is 5.26. The third-order valence-electron chi connectivity index (χ3n) is 6.15. The zero-order valence-corrected chi connectivity index (χ0v) is 21.0. The lowest BCUT2D eigenvalue weighted by atomic mass is 9.97. The van der Waals surface area contributed by atoms with E-state index in [4.69, 9.17) is 30.9 Å². The molecule has 0 aliphatic carbocycles. The predicted molar refractivity (Wildman–Crippen MR) is 131 cm³/mol. The Labute approximate surface area is 215 Å². The summed E-state index contributed by atoms with van der Waals surface area (Å²) in [4.78, 5) is 32.6. The number of likely N-dealkylation sites (tertiary alicyclic amines) is 1. The highest BCUT2D eigenvalue weighted by Gasteiger charge is 2.31. The van der Waals surface area contributed by atoms with Crippen LogP contribution in [0.2, 0.25) is 5.02 Å². The molecule has 0 radical (unpaired) electrons. The van der Waals surface area contributed by atoms with Crippen molar-refractivity contribution in [3.05, 3.63) is 63.1 Å². The topological polar surface area (TPSA) is 99.0 Å². The first kappa shape index (κ1) is 24.4. The summed E-state index contributed by atoms with van der Waals surface area (Å²) in [6.07, 6.45) is 4.38. The molecule has 3 aromatic rings. The van der Waals surface area contributed by atoms with E-state index >= 15 is 0 Å². The Balaban J connectivity index is 1.12. The van der Waals surface area contributed by atoms with Crippen LogP contribution in [-0.4, -0.2) is 58.3 Å². The fourth-order valence-corrected chi connectivity index (χ4v) is 5.49. The first-order chi connectivity index (χ1) is 17.5. The van der Waals surface area contributed by atoms with Crippen LogP contribution in [0.5, 0.6) is 11.8 Å². The van der Waals surface area contributed by atoms with Crippen molar-refractivity contribution in [2.24, 2.45) is 5.16 Å². The number of amides is 1. The largest absolute Gasteiger partial charge is 0.481 e. The highest BCUT2D eigenvalue weighted by Crippen LogP contribution is 2.37. The van der Waals surface area contributed by atoms with E-state index in [1.54, 1.807) is 28.4 Å². The number of hydrogen-bond donors (Lipinski definition) is 0. The first-order valence-electron chi connectivity index (χ1n) is 11.4. The minimum atomic E-state index is -0.570. The van der Waals surface area contributed by atoms with E-state index in [0.717, 1.165) is 23.5 Å². The SMILES string of the molecule is COc1ncc(OCC(=O)N2CCC(c3nc(C4=NOC(c5c(F)cccc5Cl)C4)cs3)CC2)cn1. The Morgan fingerprint density at radius 2 is 2.06 bits per heavy atom. The zero-order chi connectivity index (χ0) is 25.1. The number of rotatable bonds is 7. The molecule has 2 aliphatic rings. The summed E-state index contributed by atoms with van der Waals surface area (Å²) in [7, 11) is 1.48. The molecule has 1 unspecified atom stereocenters. The van der Waals surface area contributed by atoms with Crippen LogP contribution in [0.3, 0.4) is 0 Å². The van der Waals surface area contributed by atoms with Gasteiger partial charge in [-0.15, -0.1) is 11.3 Å². The molecule has 2 aliphatic heterocycles. The van der Waals surface area contributed by atoms with Gasteiger partial charge in [-0.05, 0) is 25.0 Å². The van der Waals surface area contributed by atoms with E-state index in [9.17, 15) is 9.18 Å². The standard InChI is InChI=1S/C24H23ClFN5O4S/c1-33-24-27-10-15(11-28-24)34-12-21(32)31-7-5-14(6-8-31)23-29-19(13-36-23)18-9-20(35-30-18)22-16(25)3-2-4-17(22)26/h2-4,10-11,13-14,20H,5-9,12H2,1H3. The molecule has 12 heteroatoms. The van der Waals surface area contributed by atoms with E-state index in [1.807, 2.05) is 5.38 Å². The van der Waals surface area contributed by atoms with Crippen molar-refractivity contribution in [1.82, 2.24) is 19.9 Å². The monoisotopic (exact) mass is 531 g/mol. The van der Waals surface area contributed by atoms with Crippen molar-refractivity contribution in [3.8, 4) is 11.8 Å². The molecule has 36 heavy (non-hydrogen) atoms. The maximum absolute atomic E-state index is 14.3. The number of benzene rings is 1. The molecule has 4 heterocycles. The summed E-state index contributed by atoms with van der Waals surface area (Å²) in [5.41, 5.74) is 1.72. The van der Waals surface area contributed by atoms with E-state index in [-0.39, 0.29) is 24.4 Å². The highest BCUT2D eigenvalue weighted by molar-refractivity contribution is 7.10. The van der Waals surface area contributed by atoms with Gasteiger partial charge in [-0.1, -0.05) is 22.8 Å². The third-order valence-corrected chi connectivity index (χ3v) is 7.49. The molecule has 1 fully saturated rings. The second kappa shape index (κ2) is 10.8. The minimum Gasteiger partial charge on any atom is -0.481 e. The summed E-state index contributed by atoms with van der Waals surface area (Å²) < 4.78 is 24.7. The average Bonchev–Trinajstić information content (AvgIpc) is 3.58. The van der Waals surface area contributed by atoms with Gasteiger partial charge in [-0.2, -0.15) is 9.97 Å². The highest BCUT2D eigenvalue weighted by atomic mass is 35.5. The number of hydrogen-bond acceptors (Lipinski definition) is 9. The summed E-state index contributed by atoms with van der Waals surface area (Å²) in [5, 5.41) is 7.42. The number of oxime groups is 1. The number of methoxy groups -OCH3 is 1. The van der Waals surface area contributed by atoms with Crippen molar-refractivity contribution in [1.29, 1.82) is 0 Å². The summed E-state index contributed by atoms with van der Waals surface area (Å²) in [6.45, 7) is 1.17. The van der Waals surface area contributed by atoms with Crippen molar-refractivity contribution >= 4 is 34.6 Å². The molecule has 0 spiro atoms. The number of thiazole rings is 1. The molecule has 5 rings (SSSR count). The van der Waals surface area contributed by atoms with Crippen LogP contribution in [0, 0.1) is 5.82 Å². The van der Waals surface area contributed by atoms with Crippen LogP contribution in [0.1, 0.15) is 47.5 Å². The van der Waals surface area contributed by atoms with Crippen LogP contribution in [0.25, 0.3) is 0 Å². The smallest absolute Gasteiger partial charge is 0.316 e. The number of nitrogens with zero attached hydrogens (tertiary/aromatic N) is 5. The second-order valence-electron chi connectivity index (χ2n) is 8.39. The molecule has 0 saturated carbocycles. The lowest BCUT2D eigenvalue weighted by Crippen LogP contribution is -2.40. The Hall–Kier alpha value is -3.31. The number of carbonyl (C=O) groups is 1. The maximum atomic E-state index is 14.3. The molecule has 9 nitrogen and oxygen atoms in total. The van der Waals surface area contributed by atoms with Crippen molar-refractivity contribution in [2.45, 2.75) is 31.3 Å². The summed E-state index contributed by atoms with van der Waals surface area (Å²) in [6, 6.07) is 4.80. The summed E-state index contributed by atoms with van der Waals surface area (Å²) >= 11 is 7.74. The van der Waals surface area contributed by atoms with Gasteiger partial charge >= 0.3 is 6.01 Å². The molecule has 0 bridgehead atoms. The average molecular weight is 532 g/mol. The Morgan fingerprint density at radius 1 is 1.28 bits per heavy atom. The molecule has 188 valence electrons. The van der Waals surface area contributed by atoms with Gasteiger partial charge in [0, 0.05) is 36.4 Å². The second-order valence-corrected chi connectivity index (χ2v) is 9.69. The van der Waals surface area contributed by atoms with Gasteiger partial charge in [0.15, 0.2) is 18.5 Å². The van der Waals surface area contributed by atoms with Crippen LogP contribution in [-0.2, 0) is 9.63 Å².